The SMILES string of the molecule is COc1ccc(OCn2ccc(C(=O)N3CCN(Cc4cccc(F)c4F)CC3)n2)cc1. The fourth-order valence-corrected chi connectivity index (χ4v) is 3.54. The van der Waals surface area contributed by atoms with Gasteiger partial charge in [-0.2, -0.15) is 5.10 Å². The Kier molecular flexibility index (Phi) is 6.65. The zero-order valence-electron chi connectivity index (χ0n) is 17.7. The Morgan fingerprint density at radius 1 is 1.00 bits per heavy atom. The molecule has 2 heterocycles. The second-order valence-corrected chi connectivity index (χ2v) is 7.47. The van der Waals surface area contributed by atoms with Gasteiger partial charge >= 0.3 is 0 Å². The van der Waals surface area contributed by atoms with Crippen LogP contribution in [0.15, 0.2) is 54.7 Å². The van der Waals surface area contributed by atoms with Crippen LogP contribution in [0.3, 0.4) is 0 Å². The van der Waals surface area contributed by atoms with Crippen molar-refractivity contribution in [2.45, 2.75) is 13.3 Å². The number of piperazine rings is 1. The summed E-state index contributed by atoms with van der Waals surface area (Å²) < 4.78 is 39.6. The molecule has 4 rings (SSSR count). The molecule has 0 atom stereocenters. The minimum atomic E-state index is -0.845. The molecular formula is C23H24F2N4O3. The van der Waals surface area contributed by atoms with Crippen molar-refractivity contribution in [3.8, 4) is 11.5 Å². The summed E-state index contributed by atoms with van der Waals surface area (Å²) in [5.41, 5.74) is 0.660. The molecule has 0 N–H and O–H groups in total. The molecule has 1 saturated heterocycles. The van der Waals surface area contributed by atoms with Crippen LogP contribution in [0.2, 0.25) is 0 Å². The minimum Gasteiger partial charge on any atom is -0.497 e. The molecule has 9 heteroatoms. The Bertz CT molecular complexity index is 1060. The number of carbonyl (C=O) groups is 1. The molecule has 2 aromatic carbocycles. The molecule has 0 unspecified atom stereocenters. The maximum atomic E-state index is 13.9. The van der Waals surface area contributed by atoms with Gasteiger partial charge in [0.25, 0.3) is 5.91 Å². The fraction of sp³-hybridized carbons (Fsp3) is 0.304. The van der Waals surface area contributed by atoms with Crippen molar-refractivity contribution in [1.82, 2.24) is 19.6 Å². The highest BCUT2D eigenvalue weighted by molar-refractivity contribution is 5.92. The molecule has 0 saturated carbocycles. The standard InChI is InChI=1S/C23H24F2N4O3/c1-31-18-5-7-19(8-6-18)32-16-29-10-9-21(26-29)23(30)28-13-11-27(12-14-28)15-17-3-2-4-20(24)22(17)25/h2-10H,11-16H2,1H3. The number of aromatic nitrogens is 2. The van der Waals surface area contributed by atoms with Gasteiger partial charge in [-0.3, -0.25) is 9.69 Å². The van der Waals surface area contributed by atoms with Gasteiger partial charge in [-0.15, -0.1) is 0 Å². The van der Waals surface area contributed by atoms with Gasteiger partial charge < -0.3 is 14.4 Å². The predicted octanol–water partition coefficient (Wildman–Crippen LogP) is 3.16. The van der Waals surface area contributed by atoms with E-state index in [9.17, 15) is 13.6 Å². The zero-order chi connectivity index (χ0) is 22.5. The summed E-state index contributed by atoms with van der Waals surface area (Å²) in [6.07, 6.45) is 1.69. The summed E-state index contributed by atoms with van der Waals surface area (Å²) >= 11 is 0. The van der Waals surface area contributed by atoms with E-state index in [1.807, 2.05) is 4.90 Å². The second kappa shape index (κ2) is 9.78. The molecule has 1 aromatic heterocycles. The van der Waals surface area contributed by atoms with E-state index in [0.29, 0.717) is 49.7 Å². The van der Waals surface area contributed by atoms with Gasteiger partial charge in [-0.25, -0.2) is 13.5 Å². The molecule has 1 aliphatic rings. The number of methoxy groups -OCH3 is 1. The maximum Gasteiger partial charge on any atom is 0.274 e. The van der Waals surface area contributed by atoms with Gasteiger partial charge in [0.1, 0.15) is 11.5 Å². The molecule has 3 aromatic rings. The Hall–Kier alpha value is -3.46. The van der Waals surface area contributed by atoms with Gasteiger partial charge in [0.05, 0.1) is 7.11 Å². The Morgan fingerprint density at radius 3 is 2.44 bits per heavy atom. The summed E-state index contributed by atoms with van der Waals surface area (Å²) in [6, 6.07) is 13.0. The Morgan fingerprint density at radius 2 is 1.72 bits per heavy atom. The van der Waals surface area contributed by atoms with Crippen LogP contribution in [0.4, 0.5) is 8.78 Å². The number of halogens is 2. The molecule has 0 spiro atoms. The van der Waals surface area contributed by atoms with Crippen molar-refractivity contribution in [1.29, 1.82) is 0 Å². The van der Waals surface area contributed by atoms with E-state index >= 15 is 0 Å². The van der Waals surface area contributed by atoms with Crippen LogP contribution in [-0.4, -0.2) is 58.8 Å². The summed E-state index contributed by atoms with van der Waals surface area (Å²) in [4.78, 5) is 16.5. The highest BCUT2D eigenvalue weighted by Gasteiger charge is 2.24. The fourth-order valence-electron chi connectivity index (χ4n) is 3.54. The average Bonchev–Trinajstić information content (AvgIpc) is 3.30. The van der Waals surface area contributed by atoms with Crippen LogP contribution in [0.5, 0.6) is 11.5 Å². The molecule has 168 valence electrons. The largest absolute Gasteiger partial charge is 0.497 e. The lowest BCUT2D eigenvalue weighted by Gasteiger charge is -2.34. The quantitative estimate of drug-likeness (QED) is 0.563. The van der Waals surface area contributed by atoms with Gasteiger partial charge in [0, 0.05) is 44.5 Å². The molecule has 32 heavy (non-hydrogen) atoms. The van der Waals surface area contributed by atoms with E-state index in [4.69, 9.17) is 9.47 Å². The number of carbonyl (C=O) groups excluding carboxylic acids is 1. The molecular weight excluding hydrogens is 418 g/mol. The smallest absolute Gasteiger partial charge is 0.274 e. The van der Waals surface area contributed by atoms with Crippen molar-refractivity contribution < 1.29 is 23.0 Å². The number of rotatable bonds is 7. The van der Waals surface area contributed by atoms with E-state index in [2.05, 4.69) is 5.10 Å². The number of hydrogen-bond donors (Lipinski definition) is 0. The highest BCUT2D eigenvalue weighted by Crippen LogP contribution is 2.18. The highest BCUT2D eigenvalue weighted by atomic mass is 19.2. The van der Waals surface area contributed by atoms with E-state index in [1.54, 1.807) is 59.3 Å². The number of ether oxygens (including phenoxy) is 2. The third-order valence-corrected chi connectivity index (χ3v) is 5.37. The summed E-state index contributed by atoms with van der Waals surface area (Å²) in [6.45, 7) is 2.61. The molecule has 7 nitrogen and oxygen atoms in total. The van der Waals surface area contributed by atoms with E-state index < -0.39 is 11.6 Å². The Balaban J connectivity index is 1.28. The molecule has 0 aliphatic carbocycles. The van der Waals surface area contributed by atoms with Crippen LogP contribution in [0.1, 0.15) is 16.1 Å². The molecule has 1 amide bonds. The normalized spacial score (nSPS) is 14.4. The lowest BCUT2D eigenvalue weighted by molar-refractivity contribution is 0.0619. The van der Waals surface area contributed by atoms with Crippen molar-refractivity contribution >= 4 is 5.91 Å². The monoisotopic (exact) mass is 442 g/mol. The van der Waals surface area contributed by atoms with E-state index in [1.165, 1.54) is 6.07 Å². The number of benzene rings is 2. The third kappa shape index (κ3) is 5.05. The first-order valence-corrected chi connectivity index (χ1v) is 10.3. The van der Waals surface area contributed by atoms with E-state index in [-0.39, 0.29) is 12.6 Å². The summed E-state index contributed by atoms with van der Waals surface area (Å²) in [5, 5.41) is 4.31. The molecule has 0 radical (unpaired) electrons. The number of amides is 1. The first kappa shape index (κ1) is 21.8. The topological polar surface area (TPSA) is 59.8 Å². The van der Waals surface area contributed by atoms with Crippen LogP contribution >= 0.6 is 0 Å². The number of hydrogen-bond acceptors (Lipinski definition) is 5. The van der Waals surface area contributed by atoms with Crippen molar-refractivity contribution in [2.24, 2.45) is 0 Å². The molecule has 1 aliphatic heterocycles. The van der Waals surface area contributed by atoms with Crippen molar-refractivity contribution in [3.63, 3.8) is 0 Å². The van der Waals surface area contributed by atoms with Crippen LogP contribution in [0.25, 0.3) is 0 Å². The minimum absolute atomic E-state index is 0.162. The second-order valence-electron chi connectivity index (χ2n) is 7.47. The van der Waals surface area contributed by atoms with Gasteiger partial charge in [-0.05, 0) is 36.4 Å². The Labute approximate surface area is 184 Å². The summed E-state index contributed by atoms with van der Waals surface area (Å²) in [7, 11) is 1.60. The zero-order valence-corrected chi connectivity index (χ0v) is 17.7. The number of nitrogens with zero attached hydrogens (tertiary/aromatic N) is 4. The van der Waals surface area contributed by atoms with Crippen molar-refractivity contribution in [2.75, 3.05) is 33.3 Å². The lowest BCUT2D eigenvalue weighted by Crippen LogP contribution is -2.48. The maximum absolute atomic E-state index is 13.9. The van der Waals surface area contributed by atoms with Crippen LogP contribution in [-0.2, 0) is 13.3 Å². The summed E-state index contributed by atoms with van der Waals surface area (Å²) in [5.74, 6) is -0.411. The van der Waals surface area contributed by atoms with Crippen LogP contribution < -0.4 is 9.47 Å². The molecule has 1 fully saturated rings. The lowest BCUT2D eigenvalue weighted by atomic mass is 10.1. The van der Waals surface area contributed by atoms with Crippen LogP contribution in [0, 0.1) is 11.6 Å². The van der Waals surface area contributed by atoms with E-state index in [0.717, 1.165) is 11.8 Å². The van der Waals surface area contributed by atoms with Crippen molar-refractivity contribution in [3.05, 3.63) is 77.6 Å². The average molecular weight is 442 g/mol. The van der Waals surface area contributed by atoms with Gasteiger partial charge in [0.15, 0.2) is 24.1 Å². The predicted molar refractivity (Wildman–Crippen MR) is 113 cm³/mol. The first-order chi connectivity index (χ1) is 15.5. The van der Waals surface area contributed by atoms with Gasteiger partial charge in [0.2, 0.25) is 0 Å². The first-order valence-electron chi connectivity index (χ1n) is 10.3. The molecule has 0 bridgehead atoms. The van der Waals surface area contributed by atoms with Gasteiger partial charge in [-0.1, -0.05) is 12.1 Å². The third-order valence-electron chi connectivity index (χ3n) is 5.37.